The van der Waals surface area contributed by atoms with Crippen molar-refractivity contribution in [2.24, 2.45) is 4.74 Å². The second kappa shape index (κ2) is 10.7. The Bertz CT molecular complexity index is 797. The van der Waals surface area contributed by atoms with Crippen molar-refractivity contribution in [2.45, 2.75) is 34.6 Å². The first kappa shape index (κ1) is 23.3. The Balaban J connectivity index is 2.61. The summed E-state index contributed by atoms with van der Waals surface area (Å²) in [5.41, 5.74) is 2.73. The van der Waals surface area contributed by atoms with Crippen molar-refractivity contribution in [3.05, 3.63) is 52.9 Å². The van der Waals surface area contributed by atoms with Crippen LogP contribution in [0.3, 0.4) is 0 Å². The van der Waals surface area contributed by atoms with Crippen molar-refractivity contribution in [3.8, 4) is 0 Å². The average Bonchev–Trinajstić information content (AvgIpc) is 2.66. The number of allylic oxidation sites excluding steroid dienone is 3. The molecule has 0 amide bonds. The van der Waals surface area contributed by atoms with Crippen LogP contribution < -0.4 is 0 Å². The van der Waals surface area contributed by atoms with Crippen molar-refractivity contribution in [1.82, 2.24) is 0 Å². The highest BCUT2D eigenvalue weighted by molar-refractivity contribution is 7.64. The van der Waals surface area contributed by atoms with Gasteiger partial charge in [-0.2, -0.15) is 0 Å². The van der Waals surface area contributed by atoms with Gasteiger partial charge in [0, 0.05) is 10.9 Å². The van der Waals surface area contributed by atoms with E-state index in [0.29, 0.717) is 26.4 Å². The molecule has 0 N–H and O–H groups in total. The Morgan fingerprint density at radius 1 is 0.929 bits per heavy atom. The third-order valence-corrected chi connectivity index (χ3v) is 9.21. The Morgan fingerprint density at radius 3 is 2.00 bits per heavy atom. The maximum atomic E-state index is 13.2. The van der Waals surface area contributed by atoms with E-state index in [1.165, 1.54) is 0 Å². The van der Waals surface area contributed by atoms with E-state index >= 15 is 0 Å². The average molecular weight is 427 g/mol. The molecule has 8 heteroatoms. The molecule has 28 heavy (non-hydrogen) atoms. The van der Waals surface area contributed by atoms with E-state index in [2.05, 4.69) is 0 Å². The van der Waals surface area contributed by atoms with Crippen LogP contribution in [0, 0.1) is 0 Å². The highest BCUT2D eigenvalue weighted by Crippen LogP contribution is 2.67. The maximum Gasteiger partial charge on any atom is 0.335 e. The summed E-state index contributed by atoms with van der Waals surface area (Å²) < 4.78 is 41.5. The van der Waals surface area contributed by atoms with Crippen LogP contribution in [0.4, 0.5) is 0 Å². The Morgan fingerprint density at radius 2 is 1.50 bits per heavy atom. The predicted molar refractivity (Wildman–Crippen MR) is 115 cm³/mol. The Hall–Kier alpha value is -1.00. The van der Waals surface area contributed by atoms with Crippen LogP contribution >= 0.6 is 15.1 Å². The smallest absolute Gasteiger partial charge is 0.321 e. The van der Waals surface area contributed by atoms with Gasteiger partial charge >= 0.3 is 7.60 Å². The molecule has 0 radical (unpaired) electrons. The maximum absolute atomic E-state index is 13.2. The number of rotatable bonds is 11. The fourth-order valence-corrected chi connectivity index (χ4v) is 8.20. The highest BCUT2D eigenvalue weighted by Gasteiger charge is 2.38. The van der Waals surface area contributed by atoms with Crippen LogP contribution in [-0.2, 0) is 22.7 Å². The molecule has 2 rings (SSSR count). The number of nitrogens with zero attached hydrogens (tertiary/aromatic N) is 1. The number of hydrogen-bond donors (Lipinski definition) is 0. The molecule has 0 aromatic heterocycles. The van der Waals surface area contributed by atoms with E-state index in [1.807, 2.05) is 57.2 Å². The van der Waals surface area contributed by atoms with Gasteiger partial charge in [0.15, 0.2) is 0 Å². The standard InChI is InChI=1S/C20H31NO5P2/c1-6-23-27(22,24-7-2)16-20-17(5)15-19(18-13-11-10-12-14-18)21-28(20,25-8-3)26-9-4/h10-15H,6-9,16H2,1-5H3. The zero-order valence-electron chi connectivity index (χ0n) is 17.4. The zero-order valence-corrected chi connectivity index (χ0v) is 19.2. The molecule has 156 valence electrons. The lowest BCUT2D eigenvalue weighted by Crippen LogP contribution is -2.10. The van der Waals surface area contributed by atoms with Gasteiger partial charge in [0.1, 0.15) is 0 Å². The van der Waals surface area contributed by atoms with Gasteiger partial charge in [-0.3, -0.25) is 4.57 Å². The molecule has 0 fully saturated rings. The van der Waals surface area contributed by atoms with Crippen LogP contribution in [0.25, 0.3) is 5.70 Å². The van der Waals surface area contributed by atoms with Crippen molar-refractivity contribution in [3.63, 3.8) is 0 Å². The van der Waals surface area contributed by atoms with E-state index in [0.717, 1.165) is 22.1 Å². The van der Waals surface area contributed by atoms with Gasteiger partial charge < -0.3 is 18.1 Å². The lowest BCUT2D eigenvalue weighted by molar-refractivity contribution is 0.221. The summed E-state index contributed by atoms with van der Waals surface area (Å²) in [6.07, 6.45) is 2.10. The van der Waals surface area contributed by atoms with Crippen LogP contribution in [0.2, 0.25) is 0 Å². The van der Waals surface area contributed by atoms with E-state index in [4.69, 9.17) is 22.8 Å². The molecular formula is C20H31NO5P2. The topological polar surface area (TPSA) is 66.4 Å². The summed E-state index contributed by atoms with van der Waals surface area (Å²) in [6, 6.07) is 9.92. The normalized spacial score (nSPS) is 16.7. The van der Waals surface area contributed by atoms with Crippen LogP contribution in [0.1, 0.15) is 40.2 Å². The minimum atomic E-state index is -3.32. The molecule has 1 aromatic carbocycles. The molecule has 0 spiro atoms. The van der Waals surface area contributed by atoms with Gasteiger partial charge in [-0.1, -0.05) is 30.3 Å². The molecule has 1 heterocycles. The molecule has 0 atom stereocenters. The highest BCUT2D eigenvalue weighted by atomic mass is 31.2. The minimum absolute atomic E-state index is 0.108. The first-order chi connectivity index (χ1) is 13.4. The quantitative estimate of drug-likeness (QED) is 0.368. The first-order valence-electron chi connectivity index (χ1n) is 9.70. The molecule has 0 bridgehead atoms. The summed E-state index contributed by atoms with van der Waals surface area (Å²) in [7, 11) is -6.14. The molecular weight excluding hydrogens is 396 g/mol. The van der Waals surface area contributed by atoms with Gasteiger partial charge in [-0.25, -0.2) is 4.74 Å². The van der Waals surface area contributed by atoms with Crippen molar-refractivity contribution >= 4 is 20.8 Å². The largest absolute Gasteiger partial charge is 0.335 e. The van der Waals surface area contributed by atoms with Gasteiger partial charge in [0.2, 0.25) is 7.51 Å². The summed E-state index contributed by atoms with van der Waals surface area (Å²) in [5, 5.41) is 0.779. The van der Waals surface area contributed by atoms with E-state index in [9.17, 15) is 4.57 Å². The Kier molecular flexibility index (Phi) is 8.88. The first-order valence-corrected chi connectivity index (χ1v) is 13.0. The van der Waals surface area contributed by atoms with E-state index in [1.54, 1.807) is 13.8 Å². The van der Waals surface area contributed by atoms with Gasteiger partial charge in [0.25, 0.3) is 0 Å². The molecule has 0 aliphatic carbocycles. The second-order valence-electron chi connectivity index (χ2n) is 6.09. The molecule has 1 aliphatic rings. The monoisotopic (exact) mass is 427 g/mol. The van der Waals surface area contributed by atoms with E-state index in [-0.39, 0.29) is 6.16 Å². The zero-order chi connectivity index (χ0) is 20.6. The third-order valence-electron chi connectivity index (χ3n) is 4.06. The molecule has 0 saturated heterocycles. The lowest BCUT2D eigenvalue weighted by atomic mass is 10.1. The molecule has 0 saturated carbocycles. The molecule has 1 aliphatic heterocycles. The number of hydrogen-bond acceptors (Lipinski definition) is 6. The van der Waals surface area contributed by atoms with Crippen LogP contribution in [0.5, 0.6) is 0 Å². The van der Waals surface area contributed by atoms with E-state index < -0.39 is 15.1 Å². The predicted octanol–water partition coefficient (Wildman–Crippen LogP) is 6.69. The van der Waals surface area contributed by atoms with Crippen molar-refractivity contribution in [2.75, 3.05) is 32.6 Å². The summed E-state index contributed by atoms with van der Waals surface area (Å²) in [6.45, 7) is 10.9. The molecule has 6 nitrogen and oxygen atoms in total. The fourth-order valence-electron chi connectivity index (χ4n) is 3.01. The summed E-state index contributed by atoms with van der Waals surface area (Å²) >= 11 is 0. The summed E-state index contributed by atoms with van der Waals surface area (Å²) in [5.74, 6) is 0. The van der Waals surface area contributed by atoms with Gasteiger partial charge in [0.05, 0.1) is 38.3 Å². The van der Waals surface area contributed by atoms with Crippen molar-refractivity contribution in [1.29, 1.82) is 0 Å². The van der Waals surface area contributed by atoms with Gasteiger partial charge in [-0.05, 0) is 46.3 Å². The van der Waals surface area contributed by atoms with Crippen molar-refractivity contribution < 1.29 is 22.7 Å². The molecule has 0 unspecified atom stereocenters. The lowest BCUT2D eigenvalue weighted by Gasteiger charge is -2.32. The van der Waals surface area contributed by atoms with Gasteiger partial charge in [-0.15, -0.1) is 0 Å². The minimum Gasteiger partial charge on any atom is -0.321 e. The number of benzene rings is 1. The Labute approximate surface area is 168 Å². The second-order valence-corrected chi connectivity index (χ2v) is 10.4. The SMILES string of the molecule is CCOP(=O)(CC1=C(C)C=C(c2ccccc2)N=P1(OCC)OCC)OCC. The fraction of sp³-hybridized carbons (Fsp3) is 0.500. The van der Waals surface area contributed by atoms with Crippen LogP contribution in [0.15, 0.2) is 52.0 Å². The summed E-state index contributed by atoms with van der Waals surface area (Å²) in [4.78, 5) is 0. The molecule has 1 aromatic rings. The van der Waals surface area contributed by atoms with Crippen LogP contribution in [-0.4, -0.2) is 32.6 Å². The third kappa shape index (κ3) is 5.54.